The number of hydrogen-bond donors (Lipinski definition) is 2. The van der Waals surface area contributed by atoms with Gasteiger partial charge in [-0.1, -0.05) is 12.5 Å². The Labute approximate surface area is 189 Å². The molecule has 3 heterocycles. The van der Waals surface area contributed by atoms with Crippen LogP contribution in [0.5, 0.6) is 11.5 Å². The highest BCUT2D eigenvalue weighted by Crippen LogP contribution is 2.35. The highest BCUT2D eigenvalue weighted by molar-refractivity contribution is 6.28. The van der Waals surface area contributed by atoms with E-state index in [4.69, 9.17) is 31.5 Å². The van der Waals surface area contributed by atoms with Gasteiger partial charge in [-0.2, -0.15) is 9.97 Å². The van der Waals surface area contributed by atoms with Crippen molar-refractivity contribution in [3.8, 4) is 11.5 Å². The Bertz CT molecular complexity index is 1150. The van der Waals surface area contributed by atoms with E-state index in [0.29, 0.717) is 35.8 Å². The minimum absolute atomic E-state index is 0.103. The standard InChI is InChI=1S/C21H23ClN6O4/c22-20-26-18(23)17-19(27-20)28(10-25-17)14-3-1-2-13(6-14)9-30-21(29)24-8-12-4-5-15-16(7-12)32-11-31-15/h4-5,7,10,13-14H,1-3,6,8-9,11H2,(H,24,29)(H2,23,26,27)/t13-,14+/m1/s1. The zero-order chi connectivity index (χ0) is 22.1. The van der Waals surface area contributed by atoms with Crippen molar-refractivity contribution in [2.45, 2.75) is 38.3 Å². The number of fused-ring (bicyclic) bond motifs is 2. The molecule has 1 saturated carbocycles. The van der Waals surface area contributed by atoms with Gasteiger partial charge in [0.2, 0.25) is 12.1 Å². The number of carbonyl (C=O) groups excluding carboxylic acids is 1. The van der Waals surface area contributed by atoms with E-state index >= 15 is 0 Å². The van der Waals surface area contributed by atoms with Gasteiger partial charge in [-0.25, -0.2) is 9.78 Å². The van der Waals surface area contributed by atoms with E-state index in [1.807, 2.05) is 22.8 Å². The third-order valence-electron chi connectivity index (χ3n) is 5.89. The first kappa shape index (κ1) is 20.6. The quantitative estimate of drug-likeness (QED) is 0.556. The summed E-state index contributed by atoms with van der Waals surface area (Å²) in [5, 5.41) is 2.89. The number of benzene rings is 1. The van der Waals surface area contributed by atoms with Crippen LogP contribution in [0.4, 0.5) is 10.6 Å². The van der Waals surface area contributed by atoms with E-state index in [1.165, 1.54) is 0 Å². The van der Waals surface area contributed by atoms with Gasteiger partial charge in [-0.15, -0.1) is 0 Å². The van der Waals surface area contributed by atoms with Gasteiger partial charge in [-0.05, 0) is 54.5 Å². The number of nitrogens with zero attached hydrogens (tertiary/aromatic N) is 4. The summed E-state index contributed by atoms with van der Waals surface area (Å²) in [6, 6.07) is 5.76. The Morgan fingerprint density at radius 2 is 2.16 bits per heavy atom. The van der Waals surface area contributed by atoms with Crippen LogP contribution in [0.15, 0.2) is 24.5 Å². The SMILES string of the molecule is Nc1nc(Cl)nc2c1ncn2[C@H]1CCC[C@@H](COC(=O)NCc2ccc3c(c2)OCO3)C1. The lowest BCUT2D eigenvalue weighted by atomic mass is 9.86. The van der Waals surface area contributed by atoms with Crippen LogP contribution in [0.2, 0.25) is 5.28 Å². The van der Waals surface area contributed by atoms with Crippen molar-refractivity contribution in [3.63, 3.8) is 0 Å². The maximum Gasteiger partial charge on any atom is 0.407 e. The number of amides is 1. The van der Waals surface area contributed by atoms with Crippen molar-refractivity contribution in [1.29, 1.82) is 0 Å². The molecule has 3 N–H and O–H groups in total. The molecule has 2 aromatic heterocycles. The van der Waals surface area contributed by atoms with Gasteiger partial charge in [0, 0.05) is 12.6 Å². The van der Waals surface area contributed by atoms with Crippen LogP contribution in [0, 0.1) is 5.92 Å². The van der Waals surface area contributed by atoms with Gasteiger partial charge in [0.05, 0.1) is 12.9 Å². The molecule has 1 aliphatic carbocycles. The minimum Gasteiger partial charge on any atom is -0.454 e. The van der Waals surface area contributed by atoms with Crippen LogP contribution in [0.25, 0.3) is 11.2 Å². The van der Waals surface area contributed by atoms with Crippen LogP contribution in [0.1, 0.15) is 37.3 Å². The molecule has 0 bridgehead atoms. The van der Waals surface area contributed by atoms with Crippen molar-refractivity contribution in [1.82, 2.24) is 24.8 Å². The number of hydrogen-bond acceptors (Lipinski definition) is 8. The molecule has 2 aliphatic rings. The van der Waals surface area contributed by atoms with E-state index in [9.17, 15) is 4.79 Å². The number of nitrogens with two attached hydrogens (primary N) is 1. The number of rotatable bonds is 5. The molecular weight excluding hydrogens is 436 g/mol. The normalized spacial score (nSPS) is 19.8. The van der Waals surface area contributed by atoms with Gasteiger partial charge in [0.1, 0.15) is 5.52 Å². The highest BCUT2D eigenvalue weighted by Gasteiger charge is 2.26. The molecule has 168 valence electrons. The number of aromatic nitrogens is 4. The molecule has 10 nitrogen and oxygen atoms in total. The molecule has 1 aliphatic heterocycles. The van der Waals surface area contributed by atoms with E-state index < -0.39 is 6.09 Å². The number of anilines is 1. The number of ether oxygens (including phenoxy) is 3. The Hall–Kier alpha value is -3.27. The third kappa shape index (κ3) is 4.22. The first-order chi connectivity index (χ1) is 15.6. The zero-order valence-corrected chi connectivity index (χ0v) is 18.0. The molecule has 1 aromatic carbocycles. The Balaban J connectivity index is 1.15. The van der Waals surface area contributed by atoms with Crippen molar-refractivity contribution in [2.24, 2.45) is 5.92 Å². The first-order valence-electron chi connectivity index (χ1n) is 10.5. The molecule has 1 amide bonds. The van der Waals surface area contributed by atoms with Gasteiger partial charge in [0.15, 0.2) is 23.0 Å². The van der Waals surface area contributed by atoms with Crippen LogP contribution < -0.4 is 20.5 Å². The largest absolute Gasteiger partial charge is 0.454 e. The lowest BCUT2D eigenvalue weighted by Gasteiger charge is -2.29. The number of nitrogens with one attached hydrogen (secondary N) is 1. The molecule has 0 spiro atoms. The fourth-order valence-electron chi connectivity index (χ4n) is 4.31. The van der Waals surface area contributed by atoms with E-state index in [2.05, 4.69) is 20.3 Å². The molecule has 2 atom stereocenters. The molecule has 0 saturated heterocycles. The Morgan fingerprint density at radius 1 is 1.28 bits per heavy atom. The number of nitrogen functional groups attached to an aromatic ring is 1. The van der Waals surface area contributed by atoms with Gasteiger partial charge >= 0.3 is 6.09 Å². The summed E-state index contributed by atoms with van der Waals surface area (Å²) < 4.78 is 18.1. The lowest BCUT2D eigenvalue weighted by Crippen LogP contribution is -2.28. The molecule has 1 fully saturated rings. The van der Waals surface area contributed by atoms with Crippen LogP contribution in [0.3, 0.4) is 0 Å². The summed E-state index contributed by atoms with van der Waals surface area (Å²) in [6.45, 7) is 0.929. The summed E-state index contributed by atoms with van der Waals surface area (Å²) in [6.07, 6.45) is 5.15. The van der Waals surface area contributed by atoms with Crippen molar-refractivity contribution >= 4 is 34.7 Å². The van der Waals surface area contributed by atoms with Crippen LogP contribution in [-0.4, -0.2) is 39.0 Å². The van der Waals surface area contributed by atoms with Crippen LogP contribution >= 0.6 is 11.6 Å². The molecule has 0 unspecified atom stereocenters. The number of carbonyl (C=O) groups is 1. The average Bonchev–Trinajstić information content (AvgIpc) is 3.43. The van der Waals surface area contributed by atoms with Crippen LogP contribution in [-0.2, 0) is 11.3 Å². The van der Waals surface area contributed by atoms with E-state index in [0.717, 1.165) is 31.2 Å². The zero-order valence-electron chi connectivity index (χ0n) is 17.3. The van der Waals surface area contributed by atoms with Gasteiger partial charge in [-0.3, -0.25) is 0 Å². The summed E-state index contributed by atoms with van der Waals surface area (Å²) >= 11 is 5.99. The summed E-state index contributed by atoms with van der Waals surface area (Å²) in [5.41, 5.74) is 8.02. The van der Waals surface area contributed by atoms with Crippen molar-refractivity contribution < 1.29 is 19.0 Å². The molecule has 3 aromatic rings. The second-order valence-corrected chi connectivity index (χ2v) is 8.37. The Kier molecular flexibility index (Phi) is 5.60. The molecule has 5 rings (SSSR count). The topological polar surface area (TPSA) is 126 Å². The smallest absolute Gasteiger partial charge is 0.407 e. The lowest BCUT2D eigenvalue weighted by molar-refractivity contribution is 0.107. The van der Waals surface area contributed by atoms with Gasteiger partial charge < -0.3 is 29.8 Å². The van der Waals surface area contributed by atoms with Crippen molar-refractivity contribution in [2.75, 3.05) is 19.1 Å². The predicted molar refractivity (Wildman–Crippen MR) is 116 cm³/mol. The monoisotopic (exact) mass is 458 g/mol. The minimum atomic E-state index is -0.440. The molecule has 0 radical (unpaired) electrons. The number of imidazole rings is 1. The Morgan fingerprint density at radius 3 is 3.06 bits per heavy atom. The summed E-state index contributed by atoms with van der Waals surface area (Å²) in [7, 11) is 0. The summed E-state index contributed by atoms with van der Waals surface area (Å²) in [4.78, 5) is 24.8. The molecular formula is C21H23ClN6O4. The first-order valence-corrected chi connectivity index (χ1v) is 10.9. The number of halogens is 1. The van der Waals surface area contributed by atoms with E-state index in [-0.39, 0.29) is 29.9 Å². The second-order valence-electron chi connectivity index (χ2n) is 8.03. The summed E-state index contributed by atoms with van der Waals surface area (Å²) in [5.74, 6) is 1.92. The molecule has 11 heteroatoms. The van der Waals surface area contributed by atoms with E-state index in [1.54, 1.807) is 6.33 Å². The van der Waals surface area contributed by atoms with Crippen molar-refractivity contribution in [3.05, 3.63) is 35.4 Å². The third-order valence-corrected chi connectivity index (χ3v) is 6.06. The average molecular weight is 459 g/mol. The fraction of sp³-hybridized carbons (Fsp3) is 0.429. The van der Waals surface area contributed by atoms with Gasteiger partial charge in [0.25, 0.3) is 0 Å². The maximum atomic E-state index is 12.2. The number of alkyl carbamates (subject to hydrolysis) is 1. The second kappa shape index (κ2) is 8.70. The predicted octanol–water partition coefficient (Wildman–Crippen LogP) is 3.45. The molecule has 32 heavy (non-hydrogen) atoms. The fourth-order valence-corrected chi connectivity index (χ4v) is 4.49. The maximum absolute atomic E-state index is 12.2. The highest BCUT2D eigenvalue weighted by atomic mass is 35.5.